The van der Waals surface area contributed by atoms with Crippen molar-refractivity contribution in [2.24, 2.45) is 0 Å². The molecule has 0 heterocycles. The van der Waals surface area contributed by atoms with Crippen molar-refractivity contribution in [2.45, 2.75) is 26.3 Å². The minimum absolute atomic E-state index is 0.229. The molecule has 0 radical (unpaired) electrons. The van der Waals surface area contributed by atoms with Crippen molar-refractivity contribution in [3.8, 4) is 0 Å². The summed E-state index contributed by atoms with van der Waals surface area (Å²) < 4.78 is 30.8. The molecule has 0 fully saturated rings. The van der Waals surface area contributed by atoms with Crippen LogP contribution in [0.15, 0.2) is 18.2 Å². The lowest BCUT2D eigenvalue weighted by molar-refractivity contribution is -0.143. The average molecular weight is 257 g/mol. The van der Waals surface area contributed by atoms with Crippen LogP contribution in [0.3, 0.4) is 0 Å². The Hall–Kier alpha value is -1.49. The van der Waals surface area contributed by atoms with E-state index in [1.807, 2.05) is 6.92 Å². The zero-order valence-electron chi connectivity index (χ0n) is 10.3. The van der Waals surface area contributed by atoms with Crippen LogP contribution >= 0.6 is 0 Å². The molecule has 0 aromatic heterocycles. The first-order valence-electron chi connectivity index (χ1n) is 5.93. The highest BCUT2D eigenvalue weighted by Gasteiger charge is 2.03. The highest BCUT2D eigenvalue weighted by molar-refractivity contribution is 5.69. The van der Waals surface area contributed by atoms with Crippen molar-refractivity contribution < 1.29 is 18.3 Å². The Labute approximate surface area is 105 Å². The van der Waals surface area contributed by atoms with Crippen LogP contribution in [0.2, 0.25) is 0 Å². The number of esters is 1. The van der Waals surface area contributed by atoms with Gasteiger partial charge in [0, 0.05) is 31.1 Å². The molecule has 1 aromatic rings. The van der Waals surface area contributed by atoms with Gasteiger partial charge in [-0.25, -0.2) is 8.78 Å². The van der Waals surface area contributed by atoms with E-state index >= 15 is 0 Å². The topological polar surface area (TPSA) is 38.3 Å². The van der Waals surface area contributed by atoms with Gasteiger partial charge >= 0.3 is 5.97 Å². The molecule has 18 heavy (non-hydrogen) atoms. The molecule has 0 unspecified atom stereocenters. The van der Waals surface area contributed by atoms with Gasteiger partial charge < -0.3 is 10.1 Å². The van der Waals surface area contributed by atoms with Crippen molar-refractivity contribution in [3.63, 3.8) is 0 Å². The minimum Gasteiger partial charge on any atom is -0.464 e. The Morgan fingerprint density at radius 3 is 2.83 bits per heavy atom. The van der Waals surface area contributed by atoms with E-state index in [-0.39, 0.29) is 19.1 Å². The molecule has 5 heteroatoms. The van der Waals surface area contributed by atoms with Crippen molar-refractivity contribution in [1.82, 2.24) is 5.32 Å². The van der Waals surface area contributed by atoms with E-state index in [0.29, 0.717) is 18.5 Å². The summed E-state index contributed by atoms with van der Waals surface area (Å²) in [7, 11) is 0. The van der Waals surface area contributed by atoms with Gasteiger partial charge in [0.25, 0.3) is 0 Å². The predicted molar refractivity (Wildman–Crippen MR) is 63.9 cm³/mol. The van der Waals surface area contributed by atoms with Gasteiger partial charge in [-0.05, 0) is 12.5 Å². The third-order valence-corrected chi connectivity index (χ3v) is 2.33. The standard InChI is InChI=1S/C13H17F2NO2/c1-2-3-13(17)18-7-6-16-9-10-4-5-11(14)8-12(10)15/h4-5,8,16H,2-3,6-7,9H2,1H3. The lowest BCUT2D eigenvalue weighted by Gasteiger charge is -2.07. The van der Waals surface area contributed by atoms with Crippen molar-refractivity contribution in [2.75, 3.05) is 13.2 Å². The SMILES string of the molecule is CCCC(=O)OCCNCc1ccc(F)cc1F. The molecule has 0 saturated carbocycles. The van der Waals surface area contributed by atoms with Gasteiger partial charge in [-0.2, -0.15) is 0 Å². The van der Waals surface area contributed by atoms with E-state index in [9.17, 15) is 13.6 Å². The van der Waals surface area contributed by atoms with Gasteiger partial charge in [-0.1, -0.05) is 13.0 Å². The molecular weight excluding hydrogens is 240 g/mol. The first kappa shape index (κ1) is 14.6. The Morgan fingerprint density at radius 1 is 1.39 bits per heavy atom. The zero-order chi connectivity index (χ0) is 13.4. The Bertz CT molecular complexity index is 397. The second-order valence-corrected chi connectivity index (χ2v) is 3.88. The second-order valence-electron chi connectivity index (χ2n) is 3.88. The van der Waals surface area contributed by atoms with E-state index in [4.69, 9.17) is 4.74 Å². The third-order valence-electron chi connectivity index (χ3n) is 2.33. The molecule has 0 aliphatic rings. The van der Waals surface area contributed by atoms with Crippen LogP contribution in [-0.4, -0.2) is 19.1 Å². The number of hydrogen-bond acceptors (Lipinski definition) is 3. The molecule has 0 aliphatic heterocycles. The van der Waals surface area contributed by atoms with Gasteiger partial charge in [-0.3, -0.25) is 4.79 Å². The Balaban J connectivity index is 2.20. The summed E-state index contributed by atoms with van der Waals surface area (Å²) in [6.07, 6.45) is 1.17. The summed E-state index contributed by atoms with van der Waals surface area (Å²) in [5.74, 6) is -1.40. The summed E-state index contributed by atoms with van der Waals surface area (Å²) >= 11 is 0. The number of halogens is 2. The number of rotatable bonds is 7. The summed E-state index contributed by atoms with van der Waals surface area (Å²) in [6.45, 7) is 2.86. The van der Waals surface area contributed by atoms with E-state index in [1.165, 1.54) is 12.1 Å². The van der Waals surface area contributed by atoms with Crippen molar-refractivity contribution >= 4 is 5.97 Å². The first-order valence-corrected chi connectivity index (χ1v) is 5.93. The van der Waals surface area contributed by atoms with Crippen LogP contribution in [0, 0.1) is 11.6 Å². The quantitative estimate of drug-likeness (QED) is 0.602. The number of ether oxygens (including phenoxy) is 1. The normalized spacial score (nSPS) is 10.4. The molecule has 0 bridgehead atoms. The molecule has 0 saturated heterocycles. The smallest absolute Gasteiger partial charge is 0.305 e. The predicted octanol–water partition coefficient (Wildman–Crippen LogP) is 2.40. The van der Waals surface area contributed by atoms with Gasteiger partial charge in [0.1, 0.15) is 18.2 Å². The highest BCUT2D eigenvalue weighted by atomic mass is 19.1. The Morgan fingerprint density at radius 2 is 2.17 bits per heavy atom. The molecule has 1 N–H and O–H groups in total. The van der Waals surface area contributed by atoms with Crippen LogP contribution in [0.4, 0.5) is 8.78 Å². The summed E-state index contributed by atoms with van der Waals surface area (Å²) in [5, 5.41) is 2.92. The number of nitrogens with one attached hydrogen (secondary N) is 1. The summed E-state index contributed by atoms with van der Waals surface area (Å²) in [6, 6.07) is 3.44. The second kappa shape index (κ2) is 7.76. The number of carbonyl (C=O) groups excluding carboxylic acids is 1. The molecule has 0 spiro atoms. The maximum Gasteiger partial charge on any atom is 0.305 e. The molecular formula is C13H17F2NO2. The molecule has 1 rings (SSSR count). The molecule has 0 atom stereocenters. The first-order chi connectivity index (χ1) is 8.63. The number of hydrogen-bond donors (Lipinski definition) is 1. The maximum absolute atomic E-state index is 13.2. The lowest BCUT2D eigenvalue weighted by atomic mass is 10.2. The molecule has 3 nitrogen and oxygen atoms in total. The lowest BCUT2D eigenvalue weighted by Crippen LogP contribution is -2.21. The highest BCUT2D eigenvalue weighted by Crippen LogP contribution is 2.08. The van der Waals surface area contributed by atoms with Crippen molar-refractivity contribution in [3.05, 3.63) is 35.4 Å². The average Bonchev–Trinajstić information content (AvgIpc) is 2.31. The van der Waals surface area contributed by atoms with Crippen LogP contribution in [0.5, 0.6) is 0 Å². The van der Waals surface area contributed by atoms with Crippen LogP contribution < -0.4 is 5.32 Å². The largest absolute Gasteiger partial charge is 0.464 e. The molecule has 100 valence electrons. The Kier molecular flexibility index (Phi) is 6.28. The van der Waals surface area contributed by atoms with Gasteiger partial charge in [0.2, 0.25) is 0 Å². The van der Waals surface area contributed by atoms with Crippen LogP contribution in [0.1, 0.15) is 25.3 Å². The van der Waals surface area contributed by atoms with Gasteiger partial charge in [-0.15, -0.1) is 0 Å². The maximum atomic E-state index is 13.2. The molecule has 0 aliphatic carbocycles. The minimum atomic E-state index is -0.593. The monoisotopic (exact) mass is 257 g/mol. The van der Waals surface area contributed by atoms with E-state index in [0.717, 1.165) is 12.5 Å². The number of benzene rings is 1. The van der Waals surface area contributed by atoms with Crippen LogP contribution in [0.25, 0.3) is 0 Å². The van der Waals surface area contributed by atoms with Gasteiger partial charge in [0.15, 0.2) is 0 Å². The summed E-state index contributed by atoms with van der Waals surface area (Å²) in [5.41, 5.74) is 0.385. The fourth-order valence-corrected chi connectivity index (χ4v) is 1.40. The van der Waals surface area contributed by atoms with E-state index in [1.54, 1.807) is 0 Å². The van der Waals surface area contributed by atoms with E-state index < -0.39 is 11.6 Å². The van der Waals surface area contributed by atoms with Crippen molar-refractivity contribution in [1.29, 1.82) is 0 Å². The molecule has 1 aromatic carbocycles. The zero-order valence-corrected chi connectivity index (χ0v) is 10.3. The third kappa shape index (κ3) is 5.23. The number of carbonyl (C=O) groups is 1. The fourth-order valence-electron chi connectivity index (χ4n) is 1.40. The van der Waals surface area contributed by atoms with E-state index in [2.05, 4.69) is 5.32 Å². The summed E-state index contributed by atoms with van der Waals surface area (Å²) in [4.78, 5) is 11.0. The van der Waals surface area contributed by atoms with Crippen LogP contribution in [-0.2, 0) is 16.1 Å². The molecule has 0 amide bonds. The fraction of sp³-hybridized carbons (Fsp3) is 0.462. The van der Waals surface area contributed by atoms with Gasteiger partial charge in [0.05, 0.1) is 0 Å².